The maximum Gasteiger partial charge on any atom is 0.128 e. The first-order chi connectivity index (χ1) is 7.20. The molecule has 1 atom stereocenters. The van der Waals surface area contributed by atoms with Crippen molar-refractivity contribution >= 4 is 17.2 Å². The van der Waals surface area contributed by atoms with E-state index < -0.39 is 0 Å². The summed E-state index contributed by atoms with van der Waals surface area (Å²) in [4.78, 5) is 5.18. The molecule has 2 heterocycles. The van der Waals surface area contributed by atoms with Crippen molar-refractivity contribution in [3.05, 3.63) is 45.8 Å². The zero-order chi connectivity index (χ0) is 10.8. The maximum absolute atomic E-state index is 6.15. The Morgan fingerprint density at radius 1 is 1.40 bits per heavy atom. The predicted molar refractivity (Wildman–Crippen MR) is 63.7 cm³/mol. The molecule has 0 spiro atoms. The molecular formula is C11H13N3S. The Labute approximate surface area is 92.8 Å². The number of hydrogen-bond donors (Lipinski definition) is 2. The third-order valence-electron chi connectivity index (χ3n) is 2.40. The Hall–Kier alpha value is -1.39. The summed E-state index contributed by atoms with van der Waals surface area (Å²) in [6, 6.07) is 5.76. The zero-order valence-corrected chi connectivity index (χ0v) is 9.29. The van der Waals surface area contributed by atoms with Crippen LogP contribution in [0.2, 0.25) is 0 Å². The van der Waals surface area contributed by atoms with E-state index in [1.165, 1.54) is 0 Å². The Kier molecular flexibility index (Phi) is 2.70. The van der Waals surface area contributed by atoms with Crippen LogP contribution < -0.4 is 11.5 Å². The monoisotopic (exact) mass is 219 g/mol. The van der Waals surface area contributed by atoms with Gasteiger partial charge in [0.2, 0.25) is 0 Å². The van der Waals surface area contributed by atoms with Gasteiger partial charge in [-0.3, -0.25) is 0 Å². The van der Waals surface area contributed by atoms with Crippen molar-refractivity contribution in [2.45, 2.75) is 13.0 Å². The maximum atomic E-state index is 6.15. The second kappa shape index (κ2) is 4.00. The lowest BCUT2D eigenvalue weighted by Crippen LogP contribution is -2.15. The number of thiophene rings is 1. The minimum absolute atomic E-state index is 0.168. The van der Waals surface area contributed by atoms with Crippen LogP contribution in [0.15, 0.2) is 29.8 Å². The van der Waals surface area contributed by atoms with E-state index in [2.05, 4.69) is 4.98 Å². The molecule has 0 amide bonds. The predicted octanol–water partition coefficient (Wildman–Crippen LogP) is 2.08. The molecule has 0 aliphatic heterocycles. The van der Waals surface area contributed by atoms with Crippen LogP contribution in [0.25, 0.3) is 0 Å². The van der Waals surface area contributed by atoms with Gasteiger partial charge in [-0.25, -0.2) is 4.98 Å². The van der Waals surface area contributed by atoms with E-state index >= 15 is 0 Å². The second-order valence-electron chi connectivity index (χ2n) is 3.42. The van der Waals surface area contributed by atoms with Gasteiger partial charge in [0.05, 0.1) is 6.04 Å². The highest BCUT2D eigenvalue weighted by Crippen LogP contribution is 2.28. The van der Waals surface area contributed by atoms with Gasteiger partial charge in [-0.2, -0.15) is 0 Å². The summed E-state index contributed by atoms with van der Waals surface area (Å²) in [6.45, 7) is 2.00. The molecule has 0 radical (unpaired) electrons. The highest BCUT2D eigenvalue weighted by Gasteiger charge is 2.15. The van der Waals surface area contributed by atoms with Crippen LogP contribution in [0, 0.1) is 6.92 Å². The largest absolute Gasteiger partial charge is 0.383 e. The smallest absolute Gasteiger partial charge is 0.128 e. The summed E-state index contributed by atoms with van der Waals surface area (Å²) in [5.74, 6) is 0.524. The number of hydrogen-bond acceptors (Lipinski definition) is 4. The highest BCUT2D eigenvalue weighted by atomic mass is 32.1. The third-order valence-corrected chi connectivity index (χ3v) is 3.36. The van der Waals surface area contributed by atoms with Crippen molar-refractivity contribution in [2.24, 2.45) is 5.73 Å². The first-order valence-electron chi connectivity index (χ1n) is 4.70. The van der Waals surface area contributed by atoms with Gasteiger partial charge in [0.25, 0.3) is 0 Å². The number of rotatable bonds is 2. The highest BCUT2D eigenvalue weighted by molar-refractivity contribution is 7.10. The average molecular weight is 219 g/mol. The summed E-state index contributed by atoms with van der Waals surface area (Å²) in [5, 5.41) is 2.01. The lowest BCUT2D eigenvalue weighted by Gasteiger charge is -2.14. The Morgan fingerprint density at radius 2 is 2.20 bits per heavy atom. The van der Waals surface area contributed by atoms with Crippen LogP contribution in [-0.2, 0) is 0 Å². The molecule has 4 N–H and O–H groups in total. The first kappa shape index (κ1) is 10.1. The fourth-order valence-corrected chi connectivity index (χ4v) is 2.34. The first-order valence-corrected chi connectivity index (χ1v) is 5.58. The summed E-state index contributed by atoms with van der Waals surface area (Å²) >= 11 is 1.63. The molecule has 0 fully saturated rings. The Balaban J connectivity index is 2.46. The number of anilines is 1. The zero-order valence-electron chi connectivity index (χ0n) is 8.47. The van der Waals surface area contributed by atoms with Crippen LogP contribution in [-0.4, -0.2) is 4.98 Å². The van der Waals surface area contributed by atoms with Gasteiger partial charge in [-0.15, -0.1) is 11.3 Å². The van der Waals surface area contributed by atoms with Crippen LogP contribution in [0.4, 0.5) is 5.82 Å². The number of aromatic nitrogens is 1. The minimum Gasteiger partial charge on any atom is -0.383 e. The van der Waals surface area contributed by atoms with E-state index in [9.17, 15) is 0 Å². The molecule has 0 aromatic carbocycles. The fraction of sp³-hybridized carbons (Fsp3) is 0.182. The van der Waals surface area contributed by atoms with Gasteiger partial charge in [0, 0.05) is 16.6 Å². The molecule has 0 bridgehead atoms. The average Bonchev–Trinajstić information content (AvgIpc) is 2.69. The second-order valence-corrected chi connectivity index (χ2v) is 4.40. The van der Waals surface area contributed by atoms with Crippen LogP contribution in [0.5, 0.6) is 0 Å². The third kappa shape index (κ3) is 1.86. The van der Waals surface area contributed by atoms with E-state index in [4.69, 9.17) is 11.5 Å². The minimum atomic E-state index is -0.168. The molecule has 15 heavy (non-hydrogen) atoms. The van der Waals surface area contributed by atoms with Gasteiger partial charge >= 0.3 is 0 Å². The molecule has 4 heteroatoms. The quantitative estimate of drug-likeness (QED) is 0.812. The molecule has 3 nitrogen and oxygen atoms in total. The summed E-state index contributed by atoms with van der Waals surface area (Å²) < 4.78 is 0. The molecule has 2 aromatic heterocycles. The van der Waals surface area contributed by atoms with Crippen molar-refractivity contribution in [3.8, 4) is 0 Å². The Morgan fingerprint density at radius 3 is 2.80 bits per heavy atom. The van der Waals surface area contributed by atoms with Crippen LogP contribution >= 0.6 is 11.3 Å². The molecule has 2 aromatic rings. The summed E-state index contributed by atoms with van der Waals surface area (Å²) in [7, 11) is 0. The number of nitrogens with two attached hydrogens (primary N) is 2. The molecular weight excluding hydrogens is 206 g/mol. The van der Waals surface area contributed by atoms with E-state index in [1.807, 2.05) is 30.5 Å². The fourth-order valence-electron chi connectivity index (χ4n) is 1.61. The molecule has 78 valence electrons. The van der Waals surface area contributed by atoms with E-state index in [0.29, 0.717) is 5.82 Å². The van der Waals surface area contributed by atoms with Crippen molar-refractivity contribution in [1.82, 2.24) is 4.98 Å². The van der Waals surface area contributed by atoms with Gasteiger partial charge < -0.3 is 11.5 Å². The van der Waals surface area contributed by atoms with E-state index in [-0.39, 0.29) is 6.04 Å². The number of pyridine rings is 1. The molecule has 0 saturated carbocycles. The topological polar surface area (TPSA) is 64.9 Å². The van der Waals surface area contributed by atoms with E-state index in [1.54, 1.807) is 17.5 Å². The molecule has 0 saturated heterocycles. The van der Waals surface area contributed by atoms with E-state index in [0.717, 1.165) is 16.0 Å². The molecule has 2 rings (SSSR count). The summed E-state index contributed by atoms with van der Waals surface area (Å²) in [6.07, 6.45) is 1.70. The number of nitrogens with zero attached hydrogens (tertiary/aromatic N) is 1. The Bertz CT molecular complexity index is 431. The SMILES string of the molecule is Cc1ccnc(N)c1C(N)c1cccs1. The van der Waals surface area contributed by atoms with Gasteiger partial charge in [-0.05, 0) is 30.0 Å². The molecule has 0 aliphatic carbocycles. The van der Waals surface area contributed by atoms with Crippen molar-refractivity contribution < 1.29 is 0 Å². The standard InChI is InChI=1S/C11H13N3S/c1-7-4-5-14-11(13)9(7)10(12)8-3-2-6-15-8/h2-6,10H,12H2,1H3,(H2,13,14). The van der Waals surface area contributed by atoms with Crippen LogP contribution in [0.3, 0.4) is 0 Å². The number of aryl methyl sites for hydroxylation is 1. The normalized spacial score (nSPS) is 12.7. The molecule has 0 aliphatic rings. The van der Waals surface area contributed by atoms with Crippen molar-refractivity contribution in [2.75, 3.05) is 5.73 Å². The van der Waals surface area contributed by atoms with Gasteiger partial charge in [0.15, 0.2) is 0 Å². The summed E-state index contributed by atoms with van der Waals surface area (Å²) in [5.41, 5.74) is 14.0. The number of nitrogen functional groups attached to an aromatic ring is 1. The lowest BCUT2D eigenvalue weighted by molar-refractivity contribution is 0.877. The molecule has 1 unspecified atom stereocenters. The van der Waals surface area contributed by atoms with Crippen LogP contribution in [0.1, 0.15) is 22.0 Å². The van der Waals surface area contributed by atoms with Crippen molar-refractivity contribution in [3.63, 3.8) is 0 Å². The van der Waals surface area contributed by atoms with Crippen molar-refractivity contribution in [1.29, 1.82) is 0 Å². The van der Waals surface area contributed by atoms with Gasteiger partial charge in [-0.1, -0.05) is 6.07 Å². The van der Waals surface area contributed by atoms with Gasteiger partial charge in [0.1, 0.15) is 5.82 Å². The lowest BCUT2D eigenvalue weighted by atomic mass is 10.0.